The molecule has 3 rings (SSSR count). The van der Waals surface area contributed by atoms with Crippen molar-refractivity contribution in [2.45, 2.75) is 38.5 Å². The van der Waals surface area contributed by atoms with E-state index in [1.54, 1.807) is 31.4 Å². The first-order chi connectivity index (χ1) is 12.9. The zero-order chi connectivity index (χ0) is 19.6. The van der Waals surface area contributed by atoms with Gasteiger partial charge in [0, 0.05) is 5.38 Å². The van der Waals surface area contributed by atoms with Crippen LogP contribution in [0, 0.1) is 6.92 Å². The van der Waals surface area contributed by atoms with Gasteiger partial charge in [0.2, 0.25) is 5.91 Å². The Labute approximate surface area is 159 Å². The van der Waals surface area contributed by atoms with Gasteiger partial charge < -0.3 is 9.84 Å². The Morgan fingerprint density at radius 2 is 2.15 bits per heavy atom. The minimum atomic E-state index is -1.66. The number of thiazole rings is 1. The van der Waals surface area contributed by atoms with Gasteiger partial charge in [0.25, 0.3) is 0 Å². The number of hydrogen-bond acceptors (Lipinski definition) is 6. The van der Waals surface area contributed by atoms with Gasteiger partial charge in [-0.05, 0) is 25.5 Å². The normalized spacial score (nSPS) is 21.3. The molecule has 1 aromatic heterocycles. The van der Waals surface area contributed by atoms with Gasteiger partial charge in [-0.25, -0.2) is 19.1 Å². The number of amides is 2. The van der Waals surface area contributed by atoms with Crippen molar-refractivity contribution in [3.8, 4) is 0 Å². The lowest BCUT2D eigenvalue weighted by Crippen LogP contribution is -2.39. The minimum absolute atomic E-state index is 0.375. The first-order valence-corrected chi connectivity index (χ1v) is 9.29. The number of cyclic esters (lactones) is 1. The number of aliphatic hydroxyl groups excluding tert-OH is 1. The summed E-state index contributed by atoms with van der Waals surface area (Å²) >= 11 is 1.35. The van der Waals surface area contributed by atoms with Crippen molar-refractivity contribution in [1.82, 2.24) is 9.88 Å². The van der Waals surface area contributed by atoms with Gasteiger partial charge in [-0.1, -0.05) is 30.3 Å². The van der Waals surface area contributed by atoms with E-state index in [0.717, 1.165) is 21.5 Å². The molecule has 142 valence electrons. The Balaban J connectivity index is 1.68. The summed E-state index contributed by atoms with van der Waals surface area (Å²) in [7, 11) is 0. The van der Waals surface area contributed by atoms with E-state index in [0.29, 0.717) is 5.69 Å². The summed E-state index contributed by atoms with van der Waals surface area (Å²) in [5, 5.41) is 12.4. The Bertz CT molecular complexity index is 868. The Morgan fingerprint density at radius 1 is 1.44 bits per heavy atom. The van der Waals surface area contributed by atoms with Crippen molar-refractivity contribution in [1.29, 1.82) is 0 Å². The SMILES string of the molecule is Cc1nc(/C=C(\F)[C@@H](O)CC(=O)N2C(=O)O[C@H](c3ccccc3)[C@@H]2C)cs1. The van der Waals surface area contributed by atoms with E-state index in [2.05, 4.69) is 4.98 Å². The average Bonchev–Trinajstić information content (AvgIpc) is 3.17. The van der Waals surface area contributed by atoms with Crippen LogP contribution in [0.1, 0.15) is 35.7 Å². The maximum Gasteiger partial charge on any atom is 0.417 e. The molecule has 0 aliphatic carbocycles. The summed E-state index contributed by atoms with van der Waals surface area (Å²) in [5.74, 6) is -1.58. The van der Waals surface area contributed by atoms with Crippen LogP contribution >= 0.6 is 11.3 Å². The summed E-state index contributed by atoms with van der Waals surface area (Å²) in [6.07, 6.45) is -2.53. The number of halogens is 1. The van der Waals surface area contributed by atoms with Crippen LogP contribution in [0.3, 0.4) is 0 Å². The van der Waals surface area contributed by atoms with Crippen LogP contribution in [0.25, 0.3) is 6.08 Å². The predicted molar refractivity (Wildman–Crippen MR) is 98.5 cm³/mol. The lowest BCUT2D eigenvalue weighted by Gasteiger charge is -2.20. The number of rotatable bonds is 5. The summed E-state index contributed by atoms with van der Waals surface area (Å²) in [5.41, 5.74) is 1.14. The van der Waals surface area contributed by atoms with Crippen LogP contribution in [0.5, 0.6) is 0 Å². The molecule has 1 aromatic carbocycles. The third-order valence-corrected chi connectivity index (χ3v) is 5.07. The van der Waals surface area contributed by atoms with E-state index in [1.807, 2.05) is 18.2 Å². The molecule has 27 heavy (non-hydrogen) atoms. The van der Waals surface area contributed by atoms with Crippen LogP contribution in [0.4, 0.5) is 9.18 Å². The number of imide groups is 1. The molecule has 6 nitrogen and oxygen atoms in total. The molecule has 1 aliphatic heterocycles. The Morgan fingerprint density at radius 3 is 2.78 bits per heavy atom. The second-order valence-electron chi connectivity index (χ2n) is 6.26. The quantitative estimate of drug-likeness (QED) is 0.843. The first-order valence-electron chi connectivity index (χ1n) is 8.41. The number of carbonyl (C=O) groups is 2. The molecule has 2 amide bonds. The zero-order valence-electron chi connectivity index (χ0n) is 14.8. The molecule has 1 fully saturated rings. The van der Waals surface area contributed by atoms with E-state index >= 15 is 0 Å². The molecular formula is C19H19FN2O4S. The smallest absolute Gasteiger partial charge is 0.417 e. The van der Waals surface area contributed by atoms with Crippen molar-refractivity contribution < 1.29 is 23.8 Å². The maximum atomic E-state index is 14.2. The molecule has 3 atom stereocenters. The first kappa shape index (κ1) is 19.2. The highest BCUT2D eigenvalue weighted by Crippen LogP contribution is 2.33. The number of carbonyl (C=O) groups excluding carboxylic acids is 2. The zero-order valence-corrected chi connectivity index (χ0v) is 15.6. The maximum absolute atomic E-state index is 14.2. The third kappa shape index (κ3) is 4.23. The van der Waals surface area contributed by atoms with Gasteiger partial charge >= 0.3 is 6.09 Å². The van der Waals surface area contributed by atoms with Crippen LogP contribution in [0.15, 0.2) is 41.5 Å². The molecule has 0 bridgehead atoms. The minimum Gasteiger partial charge on any atom is -0.439 e. The van der Waals surface area contributed by atoms with Crippen molar-refractivity contribution in [3.63, 3.8) is 0 Å². The van der Waals surface area contributed by atoms with Gasteiger partial charge in [-0.2, -0.15) is 0 Å². The van der Waals surface area contributed by atoms with Crippen LogP contribution < -0.4 is 0 Å². The Hall–Kier alpha value is -2.58. The topological polar surface area (TPSA) is 79.7 Å². The van der Waals surface area contributed by atoms with Gasteiger partial charge in [0.05, 0.1) is 23.2 Å². The summed E-state index contributed by atoms with van der Waals surface area (Å²) in [6.45, 7) is 3.46. The highest BCUT2D eigenvalue weighted by molar-refractivity contribution is 7.09. The molecule has 0 saturated carbocycles. The lowest BCUT2D eigenvalue weighted by molar-refractivity contribution is -0.130. The second-order valence-corrected chi connectivity index (χ2v) is 7.32. The van der Waals surface area contributed by atoms with Crippen LogP contribution in [0.2, 0.25) is 0 Å². The number of aliphatic hydroxyl groups is 1. The molecular weight excluding hydrogens is 371 g/mol. The fraction of sp³-hybridized carbons (Fsp3) is 0.316. The molecule has 1 N–H and O–H groups in total. The molecule has 1 aliphatic rings. The van der Waals surface area contributed by atoms with Crippen LogP contribution in [-0.4, -0.2) is 39.1 Å². The molecule has 0 spiro atoms. The van der Waals surface area contributed by atoms with Gasteiger partial charge in [0.1, 0.15) is 18.0 Å². The molecule has 2 heterocycles. The van der Waals surface area contributed by atoms with Gasteiger partial charge in [-0.15, -0.1) is 11.3 Å². The van der Waals surface area contributed by atoms with E-state index in [4.69, 9.17) is 4.74 Å². The monoisotopic (exact) mass is 390 g/mol. The van der Waals surface area contributed by atoms with E-state index < -0.39 is 42.5 Å². The summed E-state index contributed by atoms with van der Waals surface area (Å²) in [6, 6.07) is 8.50. The number of benzene rings is 1. The van der Waals surface area contributed by atoms with Gasteiger partial charge in [-0.3, -0.25) is 4.79 Å². The van der Waals surface area contributed by atoms with Crippen LogP contribution in [-0.2, 0) is 9.53 Å². The van der Waals surface area contributed by atoms with E-state index in [1.165, 1.54) is 11.3 Å². The molecule has 0 radical (unpaired) electrons. The summed E-state index contributed by atoms with van der Waals surface area (Å²) in [4.78, 5) is 29.6. The number of nitrogens with zero attached hydrogens (tertiary/aromatic N) is 2. The Kier molecular flexibility index (Phi) is 5.67. The average molecular weight is 390 g/mol. The van der Waals surface area contributed by atoms with Crippen molar-refractivity contribution in [2.75, 3.05) is 0 Å². The number of aromatic nitrogens is 1. The molecule has 1 saturated heterocycles. The van der Waals surface area contributed by atoms with Crippen molar-refractivity contribution in [3.05, 3.63) is 57.8 Å². The lowest BCUT2D eigenvalue weighted by atomic mass is 10.0. The fourth-order valence-electron chi connectivity index (χ4n) is 2.93. The van der Waals surface area contributed by atoms with Crippen molar-refractivity contribution in [2.24, 2.45) is 0 Å². The predicted octanol–water partition coefficient (Wildman–Crippen LogP) is 3.62. The highest BCUT2D eigenvalue weighted by Gasteiger charge is 2.43. The van der Waals surface area contributed by atoms with E-state index in [9.17, 15) is 19.1 Å². The summed E-state index contributed by atoms with van der Waals surface area (Å²) < 4.78 is 19.5. The number of aryl methyl sites for hydroxylation is 1. The number of hydrogen-bond donors (Lipinski definition) is 1. The van der Waals surface area contributed by atoms with E-state index in [-0.39, 0.29) is 0 Å². The third-order valence-electron chi connectivity index (χ3n) is 4.28. The molecule has 0 unspecified atom stereocenters. The number of ether oxygens (including phenoxy) is 1. The van der Waals surface area contributed by atoms with Gasteiger partial charge in [0.15, 0.2) is 0 Å². The second kappa shape index (κ2) is 7.98. The van der Waals surface area contributed by atoms with Crippen molar-refractivity contribution >= 4 is 29.4 Å². The standard InChI is InChI=1S/C19H19FN2O4S/c1-11-18(13-6-4-3-5-7-13)26-19(25)22(11)17(24)9-16(23)15(20)8-14-10-27-12(2)21-14/h3-8,10-11,16,18,23H,9H2,1-2H3/b15-8-/t11-,16-,18-/m0/s1. The molecule has 2 aromatic rings. The largest absolute Gasteiger partial charge is 0.439 e. The highest BCUT2D eigenvalue weighted by atomic mass is 32.1. The fourth-order valence-corrected chi connectivity index (χ4v) is 3.50. The molecule has 8 heteroatoms.